The van der Waals surface area contributed by atoms with Gasteiger partial charge in [-0.15, -0.1) is 0 Å². The smallest absolute Gasteiger partial charge is 0.421 e. The summed E-state index contributed by atoms with van der Waals surface area (Å²) in [5.41, 5.74) is 0. The van der Waals surface area contributed by atoms with Crippen molar-refractivity contribution >= 4 is 32.2 Å². The number of rotatable bonds is 3. The van der Waals surface area contributed by atoms with E-state index in [1.807, 2.05) is 0 Å². The number of alkyl halides is 1. The van der Waals surface area contributed by atoms with Crippen LogP contribution in [0.1, 0.15) is 19.3 Å². The van der Waals surface area contributed by atoms with Crippen LogP contribution in [0.4, 0.5) is 4.79 Å². The molecule has 2 unspecified atom stereocenters. The van der Waals surface area contributed by atoms with E-state index in [0.29, 0.717) is 0 Å². The fraction of sp³-hybridized carbons (Fsp3) is 0.857. The number of hydrogen-bond acceptors (Lipinski definition) is 4. The van der Waals surface area contributed by atoms with Crippen molar-refractivity contribution in [1.29, 1.82) is 0 Å². The SMILES string of the molecule is COC(=O)NS(=O)(=O)NC1CCCC1Br. The van der Waals surface area contributed by atoms with Crippen LogP contribution in [0.5, 0.6) is 0 Å². The molecule has 0 radical (unpaired) electrons. The Morgan fingerprint density at radius 3 is 2.60 bits per heavy atom. The quantitative estimate of drug-likeness (QED) is 0.743. The lowest BCUT2D eigenvalue weighted by Crippen LogP contribution is -2.46. The summed E-state index contributed by atoms with van der Waals surface area (Å²) in [6.07, 6.45) is 1.65. The lowest BCUT2D eigenvalue weighted by molar-refractivity contribution is 0.177. The Balaban J connectivity index is 2.52. The maximum atomic E-state index is 11.4. The number of carbonyl (C=O) groups excluding carboxylic acids is 1. The van der Waals surface area contributed by atoms with Crippen LogP contribution in [0.3, 0.4) is 0 Å². The predicted octanol–water partition coefficient (Wildman–Crippen LogP) is 0.493. The highest BCUT2D eigenvalue weighted by Gasteiger charge is 2.29. The van der Waals surface area contributed by atoms with Crippen molar-refractivity contribution in [2.75, 3.05) is 7.11 Å². The van der Waals surface area contributed by atoms with Crippen LogP contribution in [0.2, 0.25) is 0 Å². The zero-order chi connectivity index (χ0) is 11.5. The van der Waals surface area contributed by atoms with Gasteiger partial charge >= 0.3 is 16.3 Å². The van der Waals surface area contributed by atoms with E-state index in [-0.39, 0.29) is 10.9 Å². The third-order valence-electron chi connectivity index (χ3n) is 2.14. The van der Waals surface area contributed by atoms with Gasteiger partial charge in [-0.2, -0.15) is 13.1 Å². The molecule has 2 atom stereocenters. The summed E-state index contributed by atoms with van der Waals surface area (Å²) in [4.78, 5) is 10.8. The molecule has 0 saturated heterocycles. The molecule has 0 heterocycles. The Kier molecular flexibility index (Phi) is 4.35. The maximum absolute atomic E-state index is 11.4. The number of halogens is 1. The first-order valence-corrected chi connectivity index (χ1v) is 6.86. The molecule has 88 valence electrons. The van der Waals surface area contributed by atoms with E-state index in [0.717, 1.165) is 26.4 Å². The first kappa shape index (κ1) is 12.7. The number of carbonyl (C=O) groups is 1. The second kappa shape index (κ2) is 5.13. The lowest BCUT2D eigenvalue weighted by Gasteiger charge is -2.15. The zero-order valence-corrected chi connectivity index (χ0v) is 10.6. The van der Waals surface area contributed by atoms with Gasteiger partial charge in [0, 0.05) is 10.9 Å². The van der Waals surface area contributed by atoms with Gasteiger partial charge in [0.25, 0.3) is 0 Å². The molecule has 0 aromatic rings. The van der Waals surface area contributed by atoms with E-state index in [1.54, 1.807) is 4.72 Å². The second-order valence-electron chi connectivity index (χ2n) is 3.27. The number of methoxy groups -OCH3 is 1. The van der Waals surface area contributed by atoms with E-state index >= 15 is 0 Å². The van der Waals surface area contributed by atoms with Gasteiger partial charge in [-0.1, -0.05) is 22.4 Å². The average molecular weight is 301 g/mol. The maximum Gasteiger partial charge on any atom is 0.421 e. The molecule has 0 bridgehead atoms. The minimum Gasteiger partial charge on any atom is -0.452 e. The molecule has 2 N–H and O–H groups in total. The van der Waals surface area contributed by atoms with Gasteiger partial charge in [0.05, 0.1) is 7.11 Å². The molecule has 1 rings (SSSR count). The molecule has 1 aliphatic carbocycles. The highest BCUT2D eigenvalue weighted by Crippen LogP contribution is 2.25. The largest absolute Gasteiger partial charge is 0.452 e. The molecule has 15 heavy (non-hydrogen) atoms. The van der Waals surface area contributed by atoms with Crippen LogP contribution in [-0.4, -0.2) is 32.5 Å². The van der Waals surface area contributed by atoms with Gasteiger partial charge in [-0.3, -0.25) is 0 Å². The molecule has 0 aromatic carbocycles. The number of nitrogens with one attached hydrogen (secondary N) is 2. The summed E-state index contributed by atoms with van der Waals surface area (Å²) in [5.74, 6) is 0. The van der Waals surface area contributed by atoms with Crippen LogP contribution in [-0.2, 0) is 14.9 Å². The fourth-order valence-electron chi connectivity index (χ4n) is 1.43. The Hall–Kier alpha value is -0.340. The molecule has 1 amide bonds. The van der Waals surface area contributed by atoms with E-state index in [2.05, 4.69) is 25.4 Å². The first-order chi connectivity index (χ1) is 6.94. The highest BCUT2D eigenvalue weighted by atomic mass is 79.9. The van der Waals surface area contributed by atoms with Crippen LogP contribution >= 0.6 is 15.9 Å². The lowest BCUT2D eigenvalue weighted by atomic mass is 10.3. The fourth-order valence-corrected chi connectivity index (χ4v) is 3.37. The molecular weight excluding hydrogens is 288 g/mol. The van der Waals surface area contributed by atoms with E-state index in [1.165, 1.54) is 0 Å². The topological polar surface area (TPSA) is 84.5 Å². The number of ether oxygens (including phenoxy) is 1. The van der Waals surface area contributed by atoms with Gasteiger partial charge in [0.1, 0.15) is 0 Å². The van der Waals surface area contributed by atoms with Gasteiger partial charge < -0.3 is 4.74 Å². The molecule has 6 nitrogen and oxygen atoms in total. The molecule has 0 aromatic heterocycles. The Morgan fingerprint density at radius 2 is 2.13 bits per heavy atom. The van der Waals surface area contributed by atoms with Crippen molar-refractivity contribution in [3.05, 3.63) is 0 Å². The van der Waals surface area contributed by atoms with Crippen LogP contribution in [0.25, 0.3) is 0 Å². The zero-order valence-electron chi connectivity index (χ0n) is 8.20. The van der Waals surface area contributed by atoms with Crippen molar-refractivity contribution < 1.29 is 17.9 Å². The molecule has 1 aliphatic rings. The van der Waals surface area contributed by atoms with Crippen molar-refractivity contribution in [1.82, 2.24) is 9.44 Å². The molecule has 0 spiro atoms. The summed E-state index contributed by atoms with van der Waals surface area (Å²) in [7, 11) is -2.71. The van der Waals surface area contributed by atoms with E-state index in [4.69, 9.17) is 0 Å². The Labute approximate surface area is 97.1 Å². The molecule has 0 aliphatic heterocycles. The van der Waals surface area contributed by atoms with E-state index in [9.17, 15) is 13.2 Å². The monoisotopic (exact) mass is 300 g/mol. The highest BCUT2D eigenvalue weighted by molar-refractivity contribution is 9.09. The van der Waals surface area contributed by atoms with Crippen molar-refractivity contribution in [2.45, 2.75) is 30.1 Å². The van der Waals surface area contributed by atoms with Crippen molar-refractivity contribution in [3.63, 3.8) is 0 Å². The molecule has 1 fully saturated rings. The third kappa shape index (κ3) is 3.96. The summed E-state index contributed by atoms with van der Waals surface area (Å²) >= 11 is 3.37. The standard InChI is InChI=1S/C7H13BrN2O4S/c1-14-7(11)10-15(12,13)9-6-4-2-3-5(6)8/h5-6,9H,2-4H2,1H3,(H,10,11). The van der Waals surface area contributed by atoms with Crippen molar-refractivity contribution in [2.24, 2.45) is 0 Å². The average Bonchev–Trinajstić information content (AvgIpc) is 2.50. The number of amides is 1. The third-order valence-corrected chi connectivity index (χ3v) is 4.29. The normalized spacial score (nSPS) is 26.3. The summed E-state index contributed by atoms with van der Waals surface area (Å²) in [6.45, 7) is 0. The molecule has 1 saturated carbocycles. The van der Waals surface area contributed by atoms with E-state index < -0.39 is 16.3 Å². The van der Waals surface area contributed by atoms with Crippen LogP contribution < -0.4 is 9.44 Å². The number of hydrogen-bond donors (Lipinski definition) is 2. The Bertz CT molecular complexity index is 332. The Morgan fingerprint density at radius 1 is 1.47 bits per heavy atom. The molecule has 8 heteroatoms. The summed E-state index contributed by atoms with van der Waals surface area (Å²) in [5, 5.41) is 0. The molecular formula is C7H13BrN2O4S. The van der Waals surface area contributed by atoms with Gasteiger partial charge in [0.15, 0.2) is 0 Å². The summed E-state index contributed by atoms with van der Waals surface area (Å²) in [6, 6.07) is -0.174. The van der Waals surface area contributed by atoms with Crippen LogP contribution in [0, 0.1) is 0 Å². The minimum atomic E-state index is -3.81. The van der Waals surface area contributed by atoms with Crippen LogP contribution in [0.15, 0.2) is 0 Å². The summed E-state index contributed by atoms with van der Waals surface area (Å²) < 4.78 is 31.0. The minimum absolute atomic E-state index is 0.117. The van der Waals surface area contributed by atoms with Gasteiger partial charge in [-0.05, 0) is 12.8 Å². The second-order valence-corrected chi connectivity index (χ2v) is 5.89. The predicted molar refractivity (Wildman–Crippen MR) is 58.0 cm³/mol. The van der Waals surface area contributed by atoms with Gasteiger partial charge in [-0.25, -0.2) is 9.52 Å². The van der Waals surface area contributed by atoms with Gasteiger partial charge in [0.2, 0.25) is 0 Å². The first-order valence-electron chi connectivity index (χ1n) is 4.46. The van der Waals surface area contributed by atoms with Crippen molar-refractivity contribution in [3.8, 4) is 0 Å².